The highest BCUT2D eigenvalue weighted by Crippen LogP contribution is 2.27. The maximum absolute atomic E-state index is 14.0. The van der Waals surface area contributed by atoms with Gasteiger partial charge >= 0.3 is 0 Å². The Labute approximate surface area is 105 Å². The van der Waals surface area contributed by atoms with Crippen molar-refractivity contribution in [3.05, 3.63) is 29.3 Å². The summed E-state index contributed by atoms with van der Waals surface area (Å²) >= 11 is 3.02. The summed E-state index contributed by atoms with van der Waals surface area (Å²) in [4.78, 5) is 12.8. The number of ether oxygens (including phenoxy) is 1. The van der Waals surface area contributed by atoms with Crippen molar-refractivity contribution < 1.29 is 18.3 Å². The average molecular weight is 306 g/mol. The number of anilines is 1. The lowest BCUT2D eigenvalue weighted by Crippen LogP contribution is -2.42. The Balaban J connectivity index is 2.41. The minimum Gasteiger partial charge on any atom is -0.370 e. The van der Waals surface area contributed by atoms with Gasteiger partial charge in [0.1, 0.15) is 12.4 Å². The summed E-state index contributed by atoms with van der Waals surface area (Å²) < 4.78 is 32.2. The van der Waals surface area contributed by atoms with Gasteiger partial charge in [-0.3, -0.25) is 4.79 Å². The Morgan fingerprint density at radius 3 is 2.82 bits per heavy atom. The monoisotopic (exact) mass is 305 g/mol. The van der Waals surface area contributed by atoms with Gasteiger partial charge in [0.05, 0.1) is 12.3 Å². The smallest absolute Gasteiger partial charge is 0.253 e. The van der Waals surface area contributed by atoms with E-state index in [-0.39, 0.29) is 35.6 Å². The third kappa shape index (κ3) is 2.32. The van der Waals surface area contributed by atoms with Gasteiger partial charge in [-0.2, -0.15) is 0 Å². The van der Waals surface area contributed by atoms with Crippen molar-refractivity contribution >= 4 is 27.5 Å². The van der Waals surface area contributed by atoms with Gasteiger partial charge in [0.25, 0.3) is 5.91 Å². The molecule has 17 heavy (non-hydrogen) atoms. The predicted octanol–water partition coefficient (Wildman–Crippen LogP) is 2.22. The van der Waals surface area contributed by atoms with Gasteiger partial charge in [0.15, 0.2) is 5.82 Å². The molecule has 1 fully saturated rings. The zero-order valence-electron chi connectivity index (χ0n) is 8.88. The van der Waals surface area contributed by atoms with Crippen LogP contribution >= 0.6 is 15.9 Å². The zero-order valence-corrected chi connectivity index (χ0v) is 10.5. The first-order chi connectivity index (χ1) is 8.15. The van der Waals surface area contributed by atoms with Crippen LogP contribution in [0.15, 0.2) is 12.1 Å². The number of hydrogen-bond donors (Lipinski definition) is 0. The Kier molecular flexibility index (Phi) is 3.73. The number of alkyl halides is 1. The summed E-state index contributed by atoms with van der Waals surface area (Å²) in [6.45, 7) is 0.565. The minimum absolute atomic E-state index is 0.0665. The second kappa shape index (κ2) is 5.10. The fourth-order valence-corrected chi connectivity index (χ4v) is 2.20. The van der Waals surface area contributed by atoms with E-state index >= 15 is 0 Å². The number of nitrogens with zero attached hydrogens (tertiary/aromatic N) is 1. The molecule has 1 saturated heterocycles. The molecule has 1 heterocycles. The summed E-state index contributed by atoms with van der Waals surface area (Å²) in [5, 5.41) is 0.0665. The first kappa shape index (κ1) is 12.4. The summed E-state index contributed by atoms with van der Waals surface area (Å²) in [6, 6.07) is 2.44. The molecule has 1 aromatic carbocycles. The maximum atomic E-state index is 14.0. The van der Waals surface area contributed by atoms with Gasteiger partial charge < -0.3 is 9.64 Å². The second-order valence-electron chi connectivity index (χ2n) is 3.59. The molecule has 2 rings (SSSR count). The van der Waals surface area contributed by atoms with Crippen molar-refractivity contribution in [1.29, 1.82) is 0 Å². The molecule has 1 aliphatic heterocycles. The second-order valence-corrected chi connectivity index (χ2v) is 4.15. The van der Waals surface area contributed by atoms with Gasteiger partial charge in [-0.05, 0) is 12.1 Å². The molecule has 0 aromatic heterocycles. The van der Waals surface area contributed by atoms with E-state index in [2.05, 4.69) is 15.9 Å². The minimum atomic E-state index is -0.697. The number of morpholine rings is 1. The van der Waals surface area contributed by atoms with Crippen LogP contribution < -0.4 is 4.90 Å². The number of halogens is 3. The van der Waals surface area contributed by atoms with E-state index in [4.69, 9.17) is 4.74 Å². The average Bonchev–Trinajstić information content (AvgIpc) is 2.31. The molecule has 1 aliphatic rings. The zero-order chi connectivity index (χ0) is 12.4. The van der Waals surface area contributed by atoms with Crippen LogP contribution in [-0.2, 0) is 14.9 Å². The third-order valence-electron chi connectivity index (χ3n) is 2.58. The number of rotatable bonds is 2. The predicted molar refractivity (Wildman–Crippen MR) is 62.2 cm³/mol. The molecule has 0 unspecified atom stereocenters. The Bertz CT molecular complexity index is 453. The van der Waals surface area contributed by atoms with E-state index in [1.165, 1.54) is 11.0 Å². The highest BCUT2D eigenvalue weighted by atomic mass is 79.9. The third-order valence-corrected chi connectivity index (χ3v) is 3.14. The quantitative estimate of drug-likeness (QED) is 0.784. The first-order valence-corrected chi connectivity index (χ1v) is 6.18. The van der Waals surface area contributed by atoms with Crippen LogP contribution in [-0.4, -0.2) is 25.7 Å². The fourth-order valence-electron chi connectivity index (χ4n) is 1.69. The summed E-state index contributed by atoms with van der Waals surface area (Å²) in [6.07, 6.45) is 0. The molecule has 0 atom stereocenters. The number of benzene rings is 1. The molecular weight excluding hydrogens is 296 g/mol. The van der Waals surface area contributed by atoms with E-state index in [0.717, 1.165) is 6.07 Å². The molecular formula is C11H10BrF2NO2. The van der Waals surface area contributed by atoms with Gasteiger partial charge in [-0.1, -0.05) is 15.9 Å². The Morgan fingerprint density at radius 2 is 2.18 bits per heavy atom. The molecule has 0 spiro atoms. The Hall–Kier alpha value is -1.01. The van der Waals surface area contributed by atoms with Gasteiger partial charge in [-0.25, -0.2) is 8.78 Å². The van der Waals surface area contributed by atoms with Gasteiger partial charge in [0, 0.05) is 17.4 Å². The summed E-state index contributed by atoms with van der Waals surface area (Å²) in [7, 11) is 0. The van der Waals surface area contributed by atoms with Crippen LogP contribution in [0.4, 0.5) is 14.5 Å². The van der Waals surface area contributed by atoms with Crippen molar-refractivity contribution in [3.8, 4) is 0 Å². The molecule has 0 N–H and O–H groups in total. The van der Waals surface area contributed by atoms with Crippen LogP contribution in [0.25, 0.3) is 0 Å². The van der Waals surface area contributed by atoms with E-state index in [0.29, 0.717) is 6.61 Å². The lowest BCUT2D eigenvalue weighted by molar-refractivity contribution is -0.125. The summed E-state index contributed by atoms with van der Waals surface area (Å²) in [5.74, 6) is -1.64. The van der Waals surface area contributed by atoms with Crippen LogP contribution in [0.1, 0.15) is 5.56 Å². The SMILES string of the molecule is O=C1COCCN1c1ccc(F)c(CBr)c1F. The lowest BCUT2D eigenvalue weighted by Gasteiger charge is -2.27. The number of carbonyl (C=O) groups excluding carboxylic acids is 1. The van der Waals surface area contributed by atoms with Crippen LogP contribution in [0, 0.1) is 11.6 Å². The largest absolute Gasteiger partial charge is 0.370 e. The molecule has 0 bridgehead atoms. The van der Waals surface area contributed by atoms with E-state index < -0.39 is 11.6 Å². The lowest BCUT2D eigenvalue weighted by atomic mass is 10.1. The summed E-state index contributed by atoms with van der Waals surface area (Å²) in [5.41, 5.74) is 0.0379. The molecule has 92 valence electrons. The molecule has 1 aromatic rings. The molecule has 3 nitrogen and oxygen atoms in total. The fraction of sp³-hybridized carbons (Fsp3) is 0.364. The van der Waals surface area contributed by atoms with E-state index in [9.17, 15) is 13.6 Å². The topological polar surface area (TPSA) is 29.5 Å². The standard InChI is InChI=1S/C11H10BrF2NO2/c12-5-7-8(13)1-2-9(11(7)14)15-3-4-17-6-10(15)16/h1-2H,3-6H2. The maximum Gasteiger partial charge on any atom is 0.253 e. The van der Waals surface area contributed by atoms with E-state index in [1.807, 2.05) is 0 Å². The van der Waals surface area contributed by atoms with E-state index in [1.54, 1.807) is 0 Å². The Morgan fingerprint density at radius 1 is 1.41 bits per heavy atom. The highest BCUT2D eigenvalue weighted by molar-refractivity contribution is 9.08. The molecule has 0 saturated carbocycles. The molecule has 0 aliphatic carbocycles. The normalized spacial score (nSPS) is 16.4. The van der Waals surface area contributed by atoms with Gasteiger partial charge in [-0.15, -0.1) is 0 Å². The number of carbonyl (C=O) groups is 1. The highest BCUT2D eigenvalue weighted by Gasteiger charge is 2.24. The number of amides is 1. The van der Waals surface area contributed by atoms with Crippen LogP contribution in [0.2, 0.25) is 0 Å². The van der Waals surface area contributed by atoms with Crippen LogP contribution in [0.3, 0.4) is 0 Å². The van der Waals surface area contributed by atoms with Crippen molar-refractivity contribution in [2.75, 3.05) is 24.7 Å². The molecule has 6 heteroatoms. The van der Waals surface area contributed by atoms with Crippen molar-refractivity contribution in [3.63, 3.8) is 0 Å². The van der Waals surface area contributed by atoms with Crippen molar-refractivity contribution in [2.24, 2.45) is 0 Å². The first-order valence-electron chi connectivity index (χ1n) is 5.06. The van der Waals surface area contributed by atoms with Crippen molar-refractivity contribution in [2.45, 2.75) is 5.33 Å². The van der Waals surface area contributed by atoms with Gasteiger partial charge in [0.2, 0.25) is 0 Å². The molecule has 0 radical (unpaired) electrons. The molecule has 1 amide bonds. The van der Waals surface area contributed by atoms with Crippen molar-refractivity contribution in [1.82, 2.24) is 0 Å². The number of hydrogen-bond acceptors (Lipinski definition) is 2. The van der Waals surface area contributed by atoms with Crippen LogP contribution in [0.5, 0.6) is 0 Å².